The zero-order valence-corrected chi connectivity index (χ0v) is 13.6. The predicted octanol–water partition coefficient (Wildman–Crippen LogP) is 5.46. The lowest BCUT2D eigenvalue weighted by Crippen LogP contribution is -1.93. The van der Waals surface area contributed by atoms with Gasteiger partial charge in [-0.2, -0.15) is 0 Å². The molecule has 0 amide bonds. The molecule has 2 aromatic rings. The van der Waals surface area contributed by atoms with Crippen molar-refractivity contribution in [1.82, 2.24) is 0 Å². The maximum atomic E-state index is 6.53. The number of benzene rings is 1. The summed E-state index contributed by atoms with van der Waals surface area (Å²) in [5.74, 6) is 0.880. The lowest BCUT2D eigenvalue weighted by molar-refractivity contribution is 0.411. The molecule has 2 rings (SSSR count). The summed E-state index contributed by atoms with van der Waals surface area (Å²) in [6.07, 6.45) is 0. The SMILES string of the molecule is COc1cc(C(Cl)c2cc(C)c(Br)s2)ccc1C. The third-order valence-electron chi connectivity index (χ3n) is 2.85. The monoisotopic (exact) mass is 344 g/mol. The van der Waals surface area contributed by atoms with Gasteiger partial charge in [-0.1, -0.05) is 12.1 Å². The van der Waals surface area contributed by atoms with E-state index in [4.69, 9.17) is 16.3 Å². The van der Waals surface area contributed by atoms with Gasteiger partial charge >= 0.3 is 0 Å². The van der Waals surface area contributed by atoms with Crippen LogP contribution in [0.4, 0.5) is 0 Å². The van der Waals surface area contributed by atoms with Crippen LogP contribution in [0, 0.1) is 13.8 Å². The number of alkyl halides is 1. The molecule has 0 aliphatic rings. The summed E-state index contributed by atoms with van der Waals surface area (Å²) < 4.78 is 6.48. The first-order chi connectivity index (χ1) is 8.52. The number of hydrogen-bond acceptors (Lipinski definition) is 2. The van der Waals surface area contributed by atoms with Crippen LogP contribution in [-0.2, 0) is 0 Å². The third-order valence-corrected chi connectivity index (χ3v) is 5.67. The number of thiophene rings is 1. The van der Waals surface area contributed by atoms with Crippen LogP contribution in [0.25, 0.3) is 0 Å². The fourth-order valence-corrected chi connectivity index (χ4v) is 3.68. The Morgan fingerprint density at radius 2 is 1.94 bits per heavy atom. The van der Waals surface area contributed by atoms with Crippen LogP contribution in [0.2, 0.25) is 0 Å². The molecule has 1 nitrogen and oxygen atoms in total. The molecular weight excluding hydrogens is 332 g/mol. The molecule has 0 saturated carbocycles. The van der Waals surface area contributed by atoms with Crippen molar-refractivity contribution in [2.45, 2.75) is 19.2 Å². The quantitative estimate of drug-likeness (QED) is 0.671. The van der Waals surface area contributed by atoms with Crippen LogP contribution in [0.15, 0.2) is 28.1 Å². The molecule has 0 aliphatic carbocycles. The van der Waals surface area contributed by atoms with Gasteiger partial charge < -0.3 is 4.74 Å². The van der Waals surface area contributed by atoms with Gasteiger partial charge in [0.25, 0.3) is 0 Å². The lowest BCUT2D eigenvalue weighted by Gasteiger charge is -2.11. The Morgan fingerprint density at radius 3 is 2.50 bits per heavy atom. The fraction of sp³-hybridized carbons (Fsp3) is 0.286. The Bertz CT molecular complexity index is 545. The van der Waals surface area contributed by atoms with E-state index in [1.807, 2.05) is 19.1 Å². The van der Waals surface area contributed by atoms with Gasteiger partial charge in [-0.3, -0.25) is 0 Å². The molecule has 0 saturated heterocycles. The molecule has 18 heavy (non-hydrogen) atoms. The molecule has 1 aromatic heterocycles. The van der Waals surface area contributed by atoms with E-state index in [0.29, 0.717) is 0 Å². The summed E-state index contributed by atoms with van der Waals surface area (Å²) in [5, 5.41) is -0.130. The van der Waals surface area contributed by atoms with Crippen LogP contribution in [0.1, 0.15) is 26.9 Å². The number of methoxy groups -OCH3 is 1. The van der Waals surface area contributed by atoms with E-state index in [1.54, 1.807) is 18.4 Å². The summed E-state index contributed by atoms with van der Waals surface area (Å²) in [5.41, 5.74) is 3.40. The van der Waals surface area contributed by atoms with E-state index in [0.717, 1.165) is 25.5 Å². The Balaban J connectivity index is 2.36. The smallest absolute Gasteiger partial charge is 0.122 e. The molecule has 96 valence electrons. The van der Waals surface area contributed by atoms with Crippen molar-refractivity contribution < 1.29 is 4.74 Å². The molecule has 0 aliphatic heterocycles. The van der Waals surface area contributed by atoms with E-state index in [2.05, 4.69) is 35.0 Å². The number of halogens is 2. The molecule has 1 atom stereocenters. The number of hydrogen-bond donors (Lipinski definition) is 0. The van der Waals surface area contributed by atoms with Gasteiger partial charge in [0.15, 0.2) is 0 Å². The minimum atomic E-state index is -0.130. The van der Waals surface area contributed by atoms with E-state index in [-0.39, 0.29) is 5.38 Å². The van der Waals surface area contributed by atoms with E-state index >= 15 is 0 Å². The van der Waals surface area contributed by atoms with Gasteiger partial charge in [0.2, 0.25) is 0 Å². The van der Waals surface area contributed by atoms with Crippen LogP contribution >= 0.6 is 38.9 Å². The highest BCUT2D eigenvalue weighted by atomic mass is 79.9. The van der Waals surface area contributed by atoms with Crippen molar-refractivity contribution in [3.63, 3.8) is 0 Å². The van der Waals surface area contributed by atoms with Gasteiger partial charge in [-0.15, -0.1) is 22.9 Å². The van der Waals surface area contributed by atoms with Gasteiger partial charge in [0, 0.05) is 4.88 Å². The normalized spacial score (nSPS) is 12.5. The van der Waals surface area contributed by atoms with E-state index < -0.39 is 0 Å². The van der Waals surface area contributed by atoms with Crippen molar-refractivity contribution in [3.05, 3.63) is 49.6 Å². The standard InChI is InChI=1S/C14H14BrClOS/c1-8-4-5-10(7-11(8)17-3)13(16)12-6-9(2)14(15)18-12/h4-7,13H,1-3H3. The first kappa shape index (κ1) is 13.9. The average molecular weight is 346 g/mol. The zero-order valence-electron chi connectivity index (χ0n) is 10.5. The number of rotatable bonds is 3. The first-order valence-corrected chi connectivity index (χ1v) is 7.62. The van der Waals surface area contributed by atoms with Gasteiger partial charge in [-0.25, -0.2) is 0 Å². The van der Waals surface area contributed by atoms with Gasteiger partial charge in [-0.05, 0) is 58.6 Å². The lowest BCUT2D eigenvalue weighted by atomic mass is 10.1. The Labute approximate surface area is 125 Å². The average Bonchev–Trinajstić information content (AvgIpc) is 2.69. The van der Waals surface area contributed by atoms with Gasteiger partial charge in [0.05, 0.1) is 16.3 Å². The van der Waals surface area contributed by atoms with Crippen molar-refractivity contribution in [3.8, 4) is 5.75 Å². The second-order valence-corrected chi connectivity index (χ2v) is 7.04. The Kier molecular flexibility index (Phi) is 4.36. The van der Waals surface area contributed by atoms with Crippen LogP contribution in [-0.4, -0.2) is 7.11 Å². The van der Waals surface area contributed by atoms with E-state index in [9.17, 15) is 0 Å². The summed E-state index contributed by atoms with van der Waals surface area (Å²) in [6.45, 7) is 4.10. The molecule has 4 heteroatoms. The molecule has 0 bridgehead atoms. The summed E-state index contributed by atoms with van der Waals surface area (Å²) in [4.78, 5) is 1.15. The Hall–Kier alpha value is -0.510. The third kappa shape index (κ3) is 2.73. The van der Waals surface area contributed by atoms with Crippen LogP contribution in [0.3, 0.4) is 0 Å². The second kappa shape index (κ2) is 5.64. The van der Waals surface area contributed by atoms with Crippen molar-refractivity contribution in [1.29, 1.82) is 0 Å². The largest absolute Gasteiger partial charge is 0.496 e. The molecule has 0 fully saturated rings. The maximum absolute atomic E-state index is 6.53. The summed E-state index contributed by atoms with van der Waals surface area (Å²) >= 11 is 11.7. The highest BCUT2D eigenvalue weighted by Gasteiger charge is 2.16. The molecule has 1 unspecified atom stereocenters. The molecule has 1 aromatic carbocycles. The molecule has 0 spiro atoms. The van der Waals surface area contributed by atoms with Gasteiger partial charge in [0.1, 0.15) is 5.75 Å². The topological polar surface area (TPSA) is 9.23 Å². The first-order valence-electron chi connectivity index (χ1n) is 5.57. The molecule has 0 radical (unpaired) electrons. The molecule has 1 heterocycles. The second-order valence-electron chi connectivity index (χ2n) is 4.20. The minimum Gasteiger partial charge on any atom is -0.496 e. The number of aryl methyl sites for hydroxylation is 2. The van der Waals surface area contributed by atoms with Crippen LogP contribution < -0.4 is 4.74 Å². The molecule has 0 N–H and O–H groups in total. The summed E-state index contributed by atoms with van der Waals surface area (Å²) in [7, 11) is 1.68. The van der Waals surface area contributed by atoms with Crippen LogP contribution in [0.5, 0.6) is 5.75 Å². The maximum Gasteiger partial charge on any atom is 0.122 e. The highest BCUT2D eigenvalue weighted by Crippen LogP contribution is 2.39. The highest BCUT2D eigenvalue weighted by molar-refractivity contribution is 9.11. The number of ether oxygens (including phenoxy) is 1. The fourth-order valence-electron chi connectivity index (χ4n) is 1.77. The molecular formula is C14H14BrClOS. The van der Waals surface area contributed by atoms with Crippen molar-refractivity contribution in [2.75, 3.05) is 7.11 Å². The Morgan fingerprint density at radius 1 is 1.22 bits per heavy atom. The zero-order chi connectivity index (χ0) is 13.3. The van der Waals surface area contributed by atoms with E-state index in [1.165, 1.54) is 5.56 Å². The predicted molar refractivity (Wildman–Crippen MR) is 82.2 cm³/mol. The summed E-state index contributed by atoms with van der Waals surface area (Å²) in [6, 6.07) is 8.23. The van der Waals surface area contributed by atoms with Crippen molar-refractivity contribution in [2.24, 2.45) is 0 Å². The minimum absolute atomic E-state index is 0.130. The van der Waals surface area contributed by atoms with Crippen molar-refractivity contribution >= 4 is 38.9 Å².